The number of aliphatic carboxylic acids is 1. The van der Waals surface area contributed by atoms with Gasteiger partial charge in [0.25, 0.3) is 0 Å². The van der Waals surface area contributed by atoms with E-state index in [4.69, 9.17) is 4.74 Å². The first-order chi connectivity index (χ1) is 11.9. The van der Waals surface area contributed by atoms with Gasteiger partial charge in [0.05, 0.1) is 19.4 Å². The predicted molar refractivity (Wildman–Crippen MR) is 97.8 cm³/mol. The largest absolute Gasteiger partial charge is 0.497 e. The Morgan fingerprint density at radius 3 is 2.60 bits per heavy atom. The van der Waals surface area contributed by atoms with Crippen molar-refractivity contribution in [1.29, 1.82) is 0 Å². The molecule has 1 amide bonds. The third kappa shape index (κ3) is 5.21. The van der Waals surface area contributed by atoms with E-state index in [0.29, 0.717) is 6.42 Å². The molecule has 2 aromatic rings. The van der Waals surface area contributed by atoms with Gasteiger partial charge in [-0.2, -0.15) is 0 Å². The summed E-state index contributed by atoms with van der Waals surface area (Å²) in [6.07, 6.45) is 0.750. The van der Waals surface area contributed by atoms with E-state index < -0.39 is 11.9 Å². The van der Waals surface area contributed by atoms with Gasteiger partial charge < -0.3 is 15.2 Å². The fourth-order valence-corrected chi connectivity index (χ4v) is 2.91. The number of rotatable bonds is 8. The minimum absolute atomic E-state index is 0.153. The molecule has 0 heterocycles. The predicted octanol–water partition coefficient (Wildman–Crippen LogP) is 3.25. The number of carbonyl (C=O) groups excluding carboxylic acids is 1. The first kappa shape index (κ1) is 18.8. The SMILES string of the molecule is COc1ccc2cccc(CC(=O)NCC(CC(C)C)C(=O)O)c2c1. The number of ether oxygens (including phenoxy) is 1. The van der Waals surface area contributed by atoms with Crippen molar-refractivity contribution in [3.63, 3.8) is 0 Å². The molecule has 0 bridgehead atoms. The summed E-state index contributed by atoms with van der Waals surface area (Å²) in [5.74, 6) is -0.599. The third-order valence-electron chi connectivity index (χ3n) is 4.18. The lowest BCUT2D eigenvalue weighted by Crippen LogP contribution is -2.34. The van der Waals surface area contributed by atoms with Crippen LogP contribution >= 0.6 is 0 Å². The number of nitrogens with one attached hydrogen (secondary N) is 1. The maximum atomic E-state index is 12.3. The highest BCUT2D eigenvalue weighted by Gasteiger charge is 2.19. The summed E-state index contributed by atoms with van der Waals surface area (Å²) in [6, 6.07) is 11.6. The molecule has 0 saturated heterocycles. The van der Waals surface area contributed by atoms with Crippen LogP contribution < -0.4 is 10.1 Å². The fourth-order valence-electron chi connectivity index (χ4n) is 2.91. The summed E-state index contributed by atoms with van der Waals surface area (Å²) >= 11 is 0. The van der Waals surface area contributed by atoms with Crippen LogP contribution in [0, 0.1) is 11.8 Å². The number of fused-ring (bicyclic) bond motifs is 1. The van der Waals surface area contributed by atoms with Gasteiger partial charge in [-0.1, -0.05) is 38.1 Å². The topological polar surface area (TPSA) is 75.6 Å². The van der Waals surface area contributed by atoms with E-state index in [0.717, 1.165) is 22.1 Å². The van der Waals surface area contributed by atoms with Gasteiger partial charge in [-0.05, 0) is 40.8 Å². The van der Waals surface area contributed by atoms with Gasteiger partial charge >= 0.3 is 5.97 Å². The molecule has 2 aromatic carbocycles. The molecule has 0 radical (unpaired) electrons. The van der Waals surface area contributed by atoms with Crippen LogP contribution in [0.15, 0.2) is 36.4 Å². The van der Waals surface area contributed by atoms with Crippen LogP contribution in [0.4, 0.5) is 0 Å². The normalized spacial score (nSPS) is 12.2. The molecule has 0 aliphatic carbocycles. The lowest BCUT2D eigenvalue weighted by molar-refractivity contribution is -0.142. The van der Waals surface area contributed by atoms with Crippen molar-refractivity contribution in [3.05, 3.63) is 42.0 Å². The number of methoxy groups -OCH3 is 1. The number of carboxylic acids is 1. The van der Waals surface area contributed by atoms with E-state index in [1.807, 2.05) is 50.2 Å². The van der Waals surface area contributed by atoms with Crippen molar-refractivity contribution in [1.82, 2.24) is 5.32 Å². The van der Waals surface area contributed by atoms with Crippen LogP contribution in [0.1, 0.15) is 25.8 Å². The van der Waals surface area contributed by atoms with Crippen LogP contribution in [0.5, 0.6) is 5.75 Å². The average molecular weight is 343 g/mol. The third-order valence-corrected chi connectivity index (χ3v) is 4.18. The molecule has 0 aromatic heterocycles. The summed E-state index contributed by atoms with van der Waals surface area (Å²) in [7, 11) is 1.61. The molecule has 1 unspecified atom stereocenters. The summed E-state index contributed by atoms with van der Waals surface area (Å²) in [5, 5.41) is 14.0. The molecule has 0 spiro atoms. The molecule has 5 heteroatoms. The summed E-state index contributed by atoms with van der Waals surface area (Å²) in [4.78, 5) is 23.6. The first-order valence-corrected chi connectivity index (χ1v) is 8.46. The Morgan fingerprint density at radius 1 is 1.20 bits per heavy atom. The van der Waals surface area contributed by atoms with Crippen molar-refractivity contribution in [2.45, 2.75) is 26.7 Å². The Kier molecular flexibility index (Phi) is 6.39. The van der Waals surface area contributed by atoms with E-state index in [-0.39, 0.29) is 24.8 Å². The van der Waals surface area contributed by atoms with Crippen LogP contribution in [-0.4, -0.2) is 30.6 Å². The zero-order valence-electron chi connectivity index (χ0n) is 14.9. The Hall–Kier alpha value is -2.56. The van der Waals surface area contributed by atoms with Gasteiger partial charge in [0.15, 0.2) is 0 Å². The van der Waals surface area contributed by atoms with Crippen LogP contribution in [0.25, 0.3) is 10.8 Å². The number of amides is 1. The quantitative estimate of drug-likeness (QED) is 0.771. The standard InChI is InChI=1S/C20H25NO4/c1-13(2)9-16(20(23)24)12-21-19(22)10-15-6-4-5-14-7-8-17(25-3)11-18(14)15/h4-8,11,13,16H,9-10,12H2,1-3H3,(H,21,22)(H,23,24). The van der Waals surface area contributed by atoms with Crippen molar-refractivity contribution < 1.29 is 19.4 Å². The highest BCUT2D eigenvalue weighted by atomic mass is 16.5. The number of benzene rings is 2. The molecular formula is C20H25NO4. The van der Waals surface area contributed by atoms with Gasteiger partial charge in [0.2, 0.25) is 5.91 Å². The second kappa shape index (κ2) is 8.51. The highest BCUT2D eigenvalue weighted by molar-refractivity contribution is 5.91. The van der Waals surface area contributed by atoms with Crippen molar-refractivity contribution in [2.24, 2.45) is 11.8 Å². The van der Waals surface area contributed by atoms with Crippen LogP contribution in [0.3, 0.4) is 0 Å². The second-order valence-corrected chi connectivity index (χ2v) is 6.65. The first-order valence-electron chi connectivity index (χ1n) is 8.46. The van der Waals surface area contributed by atoms with Gasteiger partial charge in [-0.25, -0.2) is 0 Å². The molecule has 0 aliphatic rings. The minimum atomic E-state index is -0.871. The molecular weight excluding hydrogens is 318 g/mol. The number of hydrogen-bond acceptors (Lipinski definition) is 3. The molecule has 134 valence electrons. The Morgan fingerprint density at radius 2 is 1.96 bits per heavy atom. The van der Waals surface area contributed by atoms with Gasteiger partial charge in [0, 0.05) is 6.54 Å². The summed E-state index contributed by atoms with van der Waals surface area (Å²) in [5.41, 5.74) is 0.893. The number of carboxylic acid groups (broad SMARTS) is 1. The van der Waals surface area contributed by atoms with E-state index >= 15 is 0 Å². The van der Waals surface area contributed by atoms with Crippen molar-refractivity contribution in [2.75, 3.05) is 13.7 Å². The molecule has 2 rings (SSSR count). The monoisotopic (exact) mass is 343 g/mol. The maximum Gasteiger partial charge on any atom is 0.308 e. The van der Waals surface area contributed by atoms with Gasteiger partial charge in [0.1, 0.15) is 5.75 Å². The smallest absolute Gasteiger partial charge is 0.308 e. The Labute approximate surface area is 148 Å². The van der Waals surface area contributed by atoms with Gasteiger partial charge in [-0.3, -0.25) is 9.59 Å². The summed E-state index contributed by atoms with van der Waals surface area (Å²) in [6.45, 7) is 4.10. The molecule has 0 fully saturated rings. The van der Waals surface area contributed by atoms with Crippen LogP contribution in [-0.2, 0) is 16.0 Å². The zero-order chi connectivity index (χ0) is 18.4. The lowest BCUT2D eigenvalue weighted by atomic mass is 9.97. The molecule has 25 heavy (non-hydrogen) atoms. The molecule has 5 nitrogen and oxygen atoms in total. The zero-order valence-corrected chi connectivity index (χ0v) is 14.9. The van der Waals surface area contributed by atoms with Crippen molar-refractivity contribution >= 4 is 22.6 Å². The molecule has 0 aliphatic heterocycles. The number of hydrogen-bond donors (Lipinski definition) is 2. The van der Waals surface area contributed by atoms with E-state index in [1.54, 1.807) is 7.11 Å². The highest BCUT2D eigenvalue weighted by Crippen LogP contribution is 2.24. The Bertz CT molecular complexity index is 754. The van der Waals surface area contributed by atoms with E-state index in [9.17, 15) is 14.7 Å². The van der Waals surface area contributed by atoms with Crippen LogP contribution in [0.2, 0.25) is 0 Å². The second-order valence-electron chi connectivity index (χ2n) is 6.65. The minimum Gasteiger partial charge on any atom is -0.497 e. The molecule has 0 saturated carbocycles. The van der Waals surface area contributed by atoms with E-state index in [1.165, 1.54) is 0 Å². The molecule has 2 N–H and O–H groups in total. The Balaban J connectivity index is 2.07. The average Bonchev–Trinajstić information content (AvgIpc) is 2.58. The summed E-state index contributed by atoms with van der Waals surface area (Å²) < 4.78 is 5.26. The van der Waals surface area contributed by atoms with Gasteiger partial charge in [-0.15, -0.1) is 0 Å². The lowest BCUT2D eigenvalue weighted by Gasteiger charge is -2.15. The number of carbonyl (C=O) groups is 2. The maximum absolute atomic E-state index is 12.3. The van der Waals surface area contributed by atoms with E-state index in [2.05, 4.69) is 5.32 Å². The van der Waals surface area contributed by atoms with Crippen molar-refractivity contribution in [3.8, 4) is 5.75 Å². The molecule has 1 atom stereocenters. The fraction of sp³-hybridized carbons (Fsp3) is 0.400.